The first-order chi connectivity index (χ1) is 21.6. The highest BCUT2D eigenvalue weighted by Crippen LogP contribution is 2.66. The van der Waals surface area contributed by atoms with Crippen LogP contribution in [0, 0.1) is 23.2 Å². The normalized spacial score (nSPS) is 34.8. The van der Waals surface area contributed by atoms with Crippen LogP contribution in [0.25, 0.3) is 0 Å². The minimum atomic E-state index is -5.47. The van der Waals surface area contributed by atoms with E-state index in [1.807, 2.05) is 13.0 Å². The molecule has 0 aromatic heterocycles. The fourth-order valence-electron chi connectivity index (χ4n) is 9.95. The Balaban J connectivity index is 1.11. The van der Waals surface area contributed by atoms with Crippen LogP contribution in [0.1, 0.15) is 127 Å². The Kier molecular flexibility index (Phi) is 11.0. The first-order valence-corrected chi connectivity index (χ1v) is 18.0. The lowest BCUT2D eigenvalue weighted by Crippen LogP contribution is -2.55. The lowest BCUT2D eigenvalue weighted by Gasteiger charge is -2.56. The summed E-state index contributed by atoms with van der Waals surface area (Å²) in [6.07, 6.45) is 3.94. The molecule has 1 aromatic rings. The minimum Gasteiger partial charge on any atom is -0.506 e. The van der Waals surface area contributed by atoms with Gasteiger partial charge in [-0.1, -0.05) is 56.7 Å². The number of phenolic OH excluding ortho intramolecular Hbond substituents is 1. The van der Waals surface area contributed by atoms with Gasteiger partial charge in [-0.2, -0.15) is 22.0 Å². The van der Waals surface area contributed by atoms with Crippen LogP contribution < -0.4 is 0 Å². The molecule has 2 N–H and O–H groups in total. The number of hydrogen-bond acceptors (Lipinski definition) is 3. The van der Waals surface area contributed by atoms with Crippen molar-refractivity contribution >= 4 is 11.6 Å². The maximum absolute atomic E-state index is 16.2. The van der Waals surface area contributed by atoms with Gasteiger partial charge in [0.1, 0.15) is 11.9 Å². The van der Waals surface area contributed by atoms with Gasteiger partial charge in [-0.3, -0.25) is 0 Å². The summed E-state index contributed by atoms with van der Waals surface area (Å²) < 4.78 is 79.5. The zero-order valence-electron chi connectivity index (χ0n) is 27.3. The number of halogens is 7. The second-order valence-electron chi connectivity index (χ2n) is 15.4. The molecule has 3 fully saturated rings. The molecule has 0 amide bonds. The third-order valence-corrected chi connectivity index (χ3v) is 13.1. The van der Waals surface area contributed by atoms with Gasteiger partial charge in [0.15, 0.2) is 0 Å². The van der Waals surface area contributed by atoms with Crippen LogP contribution in [0.4, 0.5) is 26.3 Å². The summed E-state index contributed by atoms with van der Waals surface area (Å²) in [5.41, 5.74) is 0.462. The third kappa shape index (κ3) is 7.08. The number of aromatic hydroxyl groups is 1. The van der Waals surface area contributed by atoms with Crippen LogP contribution in [0.2, 0.25) is 5.02 Å². The molecular weight excluding hydrogens is 628 g/mol. The number of phenols is 1. The summed E-state index contributed by atoms with van der Waals surface area (Å²) >= 11 is 6.62. The number of rotatable bonds is 13. The molecular formula is C36H52ClF6NO2. The number of hydrogen-bond donors (Lipinski definition) is 2. The van der Waals surface area contributed by atoms with Crippen LogP contribution in [-0.2, 0) is 6.42 Å². The van der Waals surface area contributed by atoms with Gasteiger partial charge in [-0.25, -0.2) is 4.39 Å². The fourth-order valence-corrected chi connectivity index (χ4v) is 10.2. The SMILES string of the molecule is CC1(O)CCC2C3C(CCCCCN4CCCC4CCCCCCC(F)(F)C(F)(F)F)Cc4c(ccc(O)c4Cl)C3C(F)CC21C. The van der Waals surface area contributed by atoms with Gasteiger partial charge in [-0.15, -0.1) is 0 Å². The lowest BCUT2D eigenvalue weighted by molar-refractivity contribution is -0.284. The maximum Gasteiger partial charge on any atom is 0.453 e. The van der Waals surface area contributed by atoms with Gasteiger partial charge >= 0.3 is 12.1 Å². The lowest BCUT2D eigenvalue weighted by atomic mass is 9.50. The molecule has 3 aliphatic carbocycles. The van der Waals surface area contributed by atoms with E-state index in [-0.39, 0.29) is 35.8 Å². The van der Waals surface area contributed by atoms with Crippen molar-refractivity contribution < 1.29 is 36.6 Å². The molecule has 1 saturated heterocycles. The highest BCUT2D eigenvalue weighted by Gasteiger charge is 2.64. The molecule has 46 heavy (non-hydrogen) atoms. The Hall–Kier alpha value is -1.19. The zero-order chi connectivity index (χ0) is 33.5. The van der Waals surface area contributed by atoms with Crippen molar-refractivity contribution in [3.05, 3.63) is 28.3 Å². The zero-order valence-corrected chi connectivity index (χ0v) is 28.1. The van der Waals surface area contributed by atoms with E-state index in [1.54, 1.807) is 6.07 Å². The Bertz CT molecular complexity index is 1190. The van der Waals surface area contributed by atoms with Crippen LogP contribution >= 0.6 is 11.6 Å². The minimum absolute atomic E-state index is 0.0423. The molecule has 4 aliphatic rings. The summed E-state index contributed by atoms with van der Waals surface area (Å²) in [5.74, 6) is -4.25. The summed E-state index contributed by atoms with van der Waals surface area (Å²) in [4.78, 5) is 2.51. The van der Waals surface area contributed by atoms with Crippen LogP contribution in [0.15, 0.2) is 12.1 Å². The van der Waals surface area contributed by atoms with E-state index in [9.17, 15) is 32.2 Å². The molecule has 262 valence electrons. The van der Waals surface area contributed by atoms with E-state index in [2.05, 4.69) is 11.8 Å². The number of benzene rings is 1. The predicted octanol–water partition coefficient (Wildman–Crippen LogP) is 10.4. The third-order valence-electron chi connectivity index (χ3n) is 12.7. The molecule has 0 radical (unpaired) electrons. The Morgan fingerprint density at radius 1 is 0.957 bits per heavy atom. The smallest absolute Gasteiger partial charge is 0.453 e. The molecule has 8 atom stereocenters. The second kappa shape index (κ2) is 14.0. The maximum atomic E-state index is 16.2. The molecule has 1 aliphatic heterocycles. The molecule has 5 rings (SSSR count). The number of likely N-dealkylation sites (tertiary alicyclic amines) is 1. The van der Waals surface area contributed by atoms with Gasteiger partial charge in [0.05, 0.1) is 10.6 Å². The van der Waals surface area contributed by atoms with Crippen LogP contribution in [0.3, 0.4) is 0 Å². The predicted molar refractivity (Wildman–Crippen MR) is 169 cm³/mol. The summed E-state index contributed by atoms with van der Waals surface area (Å²) in [6.45, 7) is 5.98. The summed E-state index contributed by atoms with van der Waals surface area (Å²) in [6, 6.07) is 3.90. The standard InChI is InChI=1S/C36H52ClF6NO2/c1-33-22-28(38)31-25-14-15-29(45)32(37)26(25)21-23(30(31)27(33)16-18-34(33,2)46)11-6-5-9-19-44-20-10-13-24(44)12-7-3-4-8-17-35(39,40)36(41,42)43/h14-15,23-24,27-28,30-31,45-46H,3-13,16-22H2,1-2H3. The monoisotopic (exact) mass is 679 g/mol. The van der Waals surface area contributed by atoms with E-state index in [1.165, 1.54) is 0 Å². The van der Waals surface area contributed by atoms with E-state index in [4.69, 9.17) is 11.6 Å². The van der Waals surface area contributed by atoms with E-state index in [0.717, 1.165) is 82.0 Å². The molecule has 2 saturated carbocycles. The Labute approximate surface area is 275 Å². The largest absolute Gasteiger partial charge is 0.506 e. The molecule has 0 spiro atoms. The van der Waals surface area contributed by atoms with Crippen molar-refractivity contribution in [2.75, 3.05) is 13.1 Å². The number of alkyl halides is 6. The van der Waals surface area contributed by atoms with Crippen molar-refractivity contribution in [1.29, 1.82) is 0 Å². The van der Waals surface area contributed by atoms with Crippen molar-refractivity contribution in [2.24, 2.45) is 23.2 Å². The van der Waals surface area contributed by atoms with Crippen molar-refractivity contribution in [3.8, 4) is 5.75 Å². The highest BCUT2D eigenvalue weighted by atomic mass is 35.5. The Morgan fingerprint density at radius 2 is 1.65 bits per heavy atom. The van der Waals surface area contributed by atoms with Crippen molar-refractivity contribution in [3.63, 3.8) is 0 Å². The molecule has 10 heteroatoms. The summed E-state index contributed by atoms with van der Waals surface area (Å²) in [5, 5.41) is 22.1. The summed E-state index contributed by atoms with van der Waals surface area (Å²) in [7, 11) is 0. The molecule has 3 nitrogen and oxygen atoms in total. The Morgan fingerprint density at radius 3 is 2.39 bits per heavy atom. The van der Waals surface area contributed by atoms with Crippen molar-refractivity contribution in [1.82, 2.24) is 4.90 Å². The van der Waals surface area contributed by atoms with Crippen molar-refractivity contribution in [2.45, 2.75) is 152 Å². The first-order valence-electron chi connectivity index (χ1n) is 17.6. The molecule has 8 unspecified atom stereocenters. The van der Waals surface area contributed by atoms with Gasteiger partial charge in [0, 0.05) is 23.8 Å². The number of fused-ring (bicyclic) bond motifs is 5. The van der Waals surface area contributed by atoms with Gasteiger partial charge in [0.25, 0.3) is 0 Å². The molecule has 0 bridgehead atoms. The van der Waals surface area contributed by atoms with E-state index in [0.29, 0.717) is 43.2 Å². The van der Waals surface area contributed by atoms with E-state index < -0.39 is 35.7 Å². The van der Waals surface area contributed by atoms with Gasteiger partial charge in [0.2, 0.25) is 0 Å². The van der Waals surface area contributed by atoms with Crippen LogP contribution in [-0.4, -0.2) is 58.1 Å². The van der Waals surface area contributed by atoms with Gasteiger partial charge in [-0.05, 0) is 119 Å². The number of unbranched alkanes of at least 4 members (excludes halogenated alkanes) is 5. The number of aliphatic hydroxyl groups is 1. The topological polar surface area (TPSA) is 43.7 Å². The number of nitrogens with zero attached hydrogens (tertiary/aromatic N) is 1. The average molecular weight is 680 g/mol. The van der Waals surface area contributed by atoms with Crippen LogP contribution in [0.5, 0.6) is 5.75 Å². The highest BCUT2D eigenvalue weighted by molar-refractivity contribution is 6.32. The molecule has 1 heterocycles. The average Bonchev–Trinajstić information content (AvgIpc) is 3.51. The fraction of sp³-hybridized carbons (Fsp3) is 0.833. The molecule has 1 aromatic carbocycles. The quantitative estimate of drug-likeness (QED) is 0.161. The van der Waals surface area contributed by atoms with Gasteiger partial charge < -0.3 is 15.1 Å². The first kappa shape index (κ1) is 36.1. The second-order valence-corrected chi connectivity index (χ2v) is 15.8. The van der Waals surface area contributed by atoms with E-state index >= 15 is 4.39 Å².